The van der Waals surface area contributed by atoms with Crippen LogP contribution in [0.25, 0.3) is 0 Å². The number of anilines is 3. The average Bonchev–Trinajstić information content (AvgIpc) is 2.69. The molecule has 0 fully saturated rings. The molecule has 0 heterocycles. The first-order chi connectivity index (χ1) is 13.5. The van der Waals surface area contributed by atoms with E-state index < -0.39 is 5.82 Å². The van der Waals surface area contributed by atoms with Crippen LogP contribution in [0.15, 0.2) is 78.9 Å². The summed E-state index contributed by atoms with van der Waals surface area (Å²) in [4.78, 5) is 14.3. The Kier molecular flexibility index (Phi) is 6.27. The molecule has 3 rings (SSSR count). The van der Waals surface area contributed by atoms with E-state index >= 15 is 0 Å². The number of amides is 1. The van der Waals surface area contributed by atoms with E-state index in [1.807, 2.05) is 42.5 Å². The van der Waals surface area contributed by atoms with Gasteiger partial charge >= 0.3 is 0 Å². The van der Waals surface area contributed by atoms with Crippen LogP contribution >= 0.6 is 0 Å². The summed E-state index contributed by atoms with van der Waals surface area (Å²) in [5.41, 5.74) is 2.82. The highest BCUT2D eigenvalue weighted by atomic mass is 19.1. The highest BCUT2D eigenvalue weighted by molar-refractivity contribution is 5.92. The summed E-state index contributed by atoms with van der Waals surface area (Å²) in [5.74, 6) is -0.386. The van der Waals surface area contributed by atoms with E-state index in [-0.39, 0.29) is 18.6 Å². The molecule has 0 bridgehead atoms. The van der Waals surface area contributed by atoms with Crippen molar-refractivity contribution in [1.82, 2.24) is 0 Å². The fourth-order valence-corrected chi connectivity index (χ4v) is 2.94. The van der Waals surface area contributed by atoms with E-state index in [0.717, 1.165) is 11.4 Å². The van der Waals surface area contributed by atoms with E-state index in [9.17, 15) is 9.18 Å². The molecule has 1 N–H and O–H groups in total. The molecular weight excluding hydrogens is 355 g/mol. The molecule has 0 spiro atoms. The smallest absolute Gasteiger partial charge is 0.262 e. The van der Waals surface area contributed by atoms with E-state index in [0.29, 0.717) is 11.4 Å². The van der Waals surface area contributed by atoms with Crippen LogP contribution in [0.1, 0.15) is 13.8 Å². The number of hydrogen-bond acceptors (Lipinski definition) is 3. The average molecular weight is 378 g/mol. The Labute approximate surface area is 164 Å². The molecule has 0 saturated heterocycles. The predicted octanol–water partition coefficient (Wildman–Crippen LogP) is 5.39. The molecule has 0 aliphatic carbocycles. The number of halogens is 1. The van der Waals surface area contributed by atoms with Crippen molar-refractivity contribution in [3.05, 3.63) is 84.7 Å². The molecule has 1 amide bonds. The van der Waals surface area contributed by atoms with Crippen molar-refractivity contribution in [3.8, 4) is 5.75 Å². The first kappa shape index (κ1) is 19.4. The van der Waals surface area contributed by atoms with E-state index in [4.69, 9.17) is 4.74 Å². The fraction of sp³-hybridized carbons (Fsp3) is 0.174. The van der Waals surface area contributed by atoms with Gasteiger partial charge in [0, 0.05) is 29.2 Å². The first-order valence-electron chi connectivity index (χ1n) is 9.15. The lowest BCUT2D eigenvalue weighted by Gasteiger charge is -2.29. The maximum atomic E-state index is 13.1. The lowest BCUT2D eigenvalue weighted by atomic mass is 10.2. The molecule has 3 aromatic carbocycles. The zero-order valence-electron chi connectivity index (χ0n) is 15.9. The zero-order valence-corrected chi connectivity index (χ0v) is 15.9. The Hall–Kier alpha value is -3.34. The number of hydrogen-bond donors (Lipinski definition) is 1. The predicted molar refractivity (Wildman–Crippen MR) is 111 cm³/mol. The molecule has 28 heavy (non-hydrogen) atoms. The number of rotatable bonds is 7. The summed E-state index contributed by atoms with van der Waals surface area (Å²) >= 11 is 0. The number of benzene rings is 3. The number of para-hydroxylation sites is 1. The van der Waals surface area contributed by atoms with Gasteiger partial charge in [-0.15, -0.1) is 0 Å². The van der Waals surface area contributed by atoms with Crippen molar-refractivity contribution < 1.29 is 13.9 Å². The third-order valence-corrected chi connectivity index (χ3v) is 4.15. The van der Waals surface area contributed by atoms with Crippen LogP contribution in [0.4, 0.5) is 21.5 Å². The van der Waals surface area contributed by atoms with Gasteiger partial charge in [-0.1, -0.05) is 24.3 Å². The van der Waals surface area contributed by atoms with Gasteiger partial charge in [-0.25, -0.2) is 4.39 Å². The van der Waals surface area contributed by atoms with Crippen molar-refractivity contribution in [2.75, 3.05) is 16.8 Å². The molecule has 0 radical (unpaired) electrons. The largest absolute Gasteiger partial charge is 0.484 e. The Morgan fingerprint density at radius 3 is 2.29 bits per heavy atom. The Morgan fingerprint density at radius 2 is 1.64 bits per heavy atom. The Morgan fingerprint density at radius 1 is 0.964 bits per heavy atom. The second-order valence-corrected chi connectivity index (χ2v) is 6.64. The Bertz CT molecular complexity index is 911. The SMILES string of the molecule is CC(C)N(c1ccccc1)c1ccc(NC(=O)COc2cccc(F)c2)cc1. The second-order valence-electron chi connectivity index (χ2n) is 6.64. The summed E-state index contributed by atoms with van der Waals surface area (Å²) in [6, 6.07) is 23.8. The van der Waals surface area contributed by atoms with Crippen LogP contribution in [0.5, 0.6) is 5.75 Å². The van der Waals surface area contributed by atoms with Gasteiger partial charge in [-0.3, -0.25) is 4.79 Å². The molecule has 144 valence electrons. The van der Waals surface area contributed by atoms with Gasteiger partial charge in [-0.2, -0.15) is 0 Å². The van der Waals surface area contributed by atoms with Gasteiger partial charge in [-0.05, 0) is 62.4 Å². The zero-order chi connectivity index (χ0) is 19.9. The minimum Gasteiger partial charge on any atom is -0.484 e. The van der Waals surface area contributed by atoms with Gasteiger partial charge in [0.15, 0.2) is 6.61 Å². The first-order valence-corrected chi connectivity index (χ1v) is 9.15. The number of carbonyl (C=O) groups is 1. The summed E-state index contributed by atoms with van der Waals surface area (Å²) in [6.45, 7) is 4.08. The van der Waals surface area contributed by atoms with Crippen LogP contribution < -0.4 is 15.0 Å². The molecule has 0 atom stereocenters. The number of ether oxygens (including phenoxy) is 1. The normalized spacial score (nSPS) is 10.6. The molecule has 0 unspecified atom stereocenters. The Balaban J connectivity index is 1.62. The molecule has 0 aliphatic heterocycles. The van der Waals surface area contributed by atoms with Crippen molar-refractivity contribution in [2.24, 2.45) is 0 Å². The van der Waals surface area contributed by atoms with Crippen molar-refractivity contribution >= 4 is 23.0 Å². The minimum atomic E-state index is -0.401. The van der Waals surface area contributed by atoms with Gasteiger partial charge in [0.05, 0.1) is 0 Å². The maximum Gasteiger partial charge on any atom is 0.262 e. The molecule has 0 aliphatic rings. The molecule has 5 heteroatoms. The summed E-state index contributed by atoms with van der Waals surface area (Å²) < 4.78 is 18.4. The topological polar surface area (TPSA) is 41.6 Å². The van der Waals surface area contributed by atoms with E-state index in [1.165, 1.54) is 18.2 Å². The molecule has 3 aromatic rings. The van der Waals surface area contributed by atoms with Crippen LogP contribution in [0.2, 0.25) is 0 Å². The van der Waals surface area contributed by atoms with Gasteiger partial charge < -0.3 is 15.0 Å². The number of nitrogens with zero attached hydrogens (tertiary/aromatic N) is 1. The summed E-state index contributed by atoms with van der Waals surface area (Å²) in [5, 5.41) is 2.79. The molecule has 4 nitrogen and oxygen atoms in total. The monoisotopic (exact) mass is 378 g/mol. The molecule has 0 aromatic heterocycles. The summed E-state index contributed by atoms with van der Waals surface area (Å²) in [6.07, 6.45) is 0. The van der Waals surface area contributed by atoms with Crippen molar-refractivity contribution in [2.45, 2.75) is 19.9 Å². The van der Waals surface area contributed by atoms with Crippen LogP contribution in [0, 0.1) is 5.82 Å². The van der Waals surface area contributed by atoms with Gasteiger partial charge in [0.25, 0.3) is 5.91 Å². The quantitative estimate of drug-likeness (QED) is 0.599. The van der Waals surface area contributed by atoms with Crippen LogP contribution in [-0.2, 0) is 4.79 Å². The molecule has 0 saturated carbocycles. The highest BCUT2D eigenvalue weighted by Crippen LogP contribution is 2.28. The fourth-order valence-electron chi connectivity index (χ4n) is 2.94. The third kappa shape index (κ3) is 5.10. The van der Waals surface area contributed by atoms with Gasteiger partial charge in [0.2, 0.25) is 0 Å². The number of nitrogens with one attached hydrogen (secondary N) is 1. The van der Waals surface area contributed by atoms with Crippen molar-refractivity contribution in [3.63, 3.8) is 0 Å². The maximum absolute atomic E-state index is 13.1. The lowest BCUT2D eigenvalue weighted by Crippen LogP contribution is -2.25. The minimum absolute atomic E-state index is 0.187. The van der Waals surface area contributed by atoms with E-state index in [2.05, 4.69) is 36.2 Å². The van der Waals surface area contributed by atoms with Crippen LogP contribution in [-0.4, -0.2) is 18.6 Å². The van der Waals surface area contributed by atoms with Crippen molar-refractivity contribution in [1.29, 1.82) is 0 Å². The molecular formula is C23H23FN2O2. The second kappa shape index (κ2) is 9.04. The van der Waals surface area contributed by atoms with Gasteiger partial charge in [0.1, 0.15) is 11.6 Å². The standard InChI is InChI=1S/C23H23FN2O2/c1-17(2)26(20-8-4-3-5-9-20)21-13-11-19(12-14-21)25-23(27)16-28-22-10-6-7-18(24)15-22/h3-15,17H,16H2,1-2H3,(H,25,27). The van der Waals surface area contributed by atoms with E-state index in [1.54, 1.807) is 6.07 Å². The lowest BCUT2D eigenvalue weighted by molar-refractivity contribution is -0.118. The number of carbonyl (C=O) groups excluding carboxylic acids is 1. The van der Waals surface area contributed by atoms with Crippen LogP contribution in [0.3, 0.4) is 0 Å². The highest BCUT2D eigenvalue weighted by Gasteiger charge is 2.13. The third-order valence-electron chi connectivity index (χ3n) is 4.15. The summed E-state index contributed by atoms with van der Waals surface area (Å²) in [7, 11) is 0.